The lowest BCUT2D eigenvalue weighted by molar-refractivity contribution is 0.0789. The van der Waals surface area contributed by atoms with E-state index in [1.165, 1.54) is 25.3 Å². The predicted octanol–water partition coefficient (Wildman–Crippen LogP) is 3.80. The second-order valence-corrected chi connectivity index (χ2v) is 10.2. The van der Waals surface area contributed by atoms with Crippen molar-refractivity contribution in [3.8, 4) is 5.75 Å². The van der Waals surface area contributed by atoms with Crippen LogP contribution in [0.3, 0.4) is 0 Å². The van der Waals surface area contributed by atoms with Crippen molar-refractivity contribution in [3.63, 3.8) is 0 Å². The number of ether oxygens (including phenoxy) is 1. The minimum Gasteiger partial charge on any atom is -0.496 e. The van der Waals surface area contributed by atoms with E-state index in [9.17, 15) is 13.2 Å². The number of halogens is 1. The Morgan fingerprint density at radius 2 is 1.93 bits per heavy atom. The van der Waals surface area contributed by atoms with Crippen molar-refractivity contribution in [1.82, 2.24) is 9.62 Å². The van der Waals surface area contributed by atoms with Crippen LogP contribution in [-0.2, 0) is 15.8 Å². The summed E-state index contributed by atoms with van der Waals surface area (Å²) < 4.78 is 33.3. The molecule has 0 atom stereocenters. The number of thioether (sulfide) groups is 1. The van der Waals surface area contributed by atoms with E-state index in [1.54, 1.807) is 16.7 Å². The van der Waals surface area contributed by atoms with Crippen LogP contribution < -0.4 is 9.46 Å². The van der Waals surface area contributed by atoms with Crippen LogP contribution in [0.4, 0.5) is 0 Å². The van der Waals surface area contributed by atoms with Gasteiger partial charge in [0.15, 0.2) is 0 Å². The number of benzene rings is 2. The summed E-state index contributed by atoms with van der Waals surface area (Å²) in [7, 11) is -2.26. The summed E-state index contributed by atoms with van der Waals surface area (Å²) in [6.45, 7) is 1.64. The standard InChI is InChI=1S/C21H25ClN2O4S2/c1-28-20-9-8-17(14-18(20)21(25)24-11-4-5-12-24)30(26,27)23-10-13-29-15-16-6-2-3-7-19(16)22/h2-3,6-9,14,23H,4-5,10-13,15H2,1H3. The van der Waals surface area contributed by atoms with Gasteiger partial charge in [0, 0.05) is 36.2 Å². The van der Waals surface area contributed by atoms with E-state index in [-0.39, 0.29) is 22.9 Å². The maximum Gasteiger partial charge on any atom is 0.257 e. The maximum atomic E-state index is 12.8. The van der Waals surface area contributed by atoms with Gasteiger partial charge in [-0.15, -0.1) is 0 Å². The van der Waals surface area contributed by atoms with Crippen molar-refractivity contribution in [2.45, 2.75) is 23.5 Å². The Morgan fingerprint density at radius 1 is 1.20 bits per heavy atom. The highest BCUT2D eigenvalue weighted by Gasteiger charge is 2.25. The first-order valence-corrected chi connectivity index (χ1v) is 12.7. The monoisotopic (exact) mass is 468 g/mol. The molecule has 30 heavy (non-hydrogen) atoms. The second kappa shape index (κ2) is 10.5. The fourth-order valence-electron chi connectivity index (χ4n) is 3.24. The summed E-state index contributed by atoms with van der Waals surface area (Å²) in [5.41, 5.74) is 1.29. The van der Waals surface area contributed by atoms with Gasteiger partial charge in [0.25, 0.3) is 5.91 Å². The highest BCUT2D eigenvalue weighted by atomic mass is 35.5. The highest BCUT2D eigenvalue weighted by molar-refractivity contribution is 7.98. The average Bonchev–Trinajstić information content (AvgIpc) is 3.28. The molecule has 1 amide bonds. The van der Waals surface area contributed by atoms with Crippen LogP contribution in [0, 0.1) is 0 Å². The zero-order chi connectivity index (χ0) is 21.6. The van der Waals surface area contributed by atoms with Crippen LogP contribution in [0.5, 0.6) is 5.75 Å². The number of carbonyl (C=O) groups excluding carboxylic acids is 1. The quantitative estimate of drug-likeness (QED) is 0.566. The maximum absolute atomic E-state index is 12.8. The number of carbonyl (C=O) groups is 1. The first-order valence-electron chi connectivity index (χ1n) is 9.70. The molecule has 0 radical (unpaired) electrons. The van der Waals surface area contributed by atoms with E-state index in [1.807, 2.05) is 24.3 Å². The van der Waals surface area contributed by atoms with Crippen LogP contribution in [0.25, 0.3) is 0 Å². The number of amides is 1. The molecule has 0 aliphatic carbocycles. The first-order chi connectivity index (χ1) is 14.4. The number of rotatable bonds is 9. The van der Waals surface area contributed by atoms with Crippen LogP contribution in [0.1, 0.15) is 28.8 Å². The molecule has 0 bridgehead atoms. The molecular weight excluding hydrogens is 444 g/mol. The topological polar surface area (TPSA) is 75.7 Å². The molecule has 0 aromatic heterocycles. The Labute approximate surface area is 187 Å². The molecular formula is C21H25ClN2O4S2. The normalized spacial score (nSPS) is 14.1. The Bertz CT molecular complexity index is 992. The Hall–Kier alpha value is -1.74. The molecule has 1 aliphatic heterocycles. The van der Waals surface area contributed by atoms with Crippen molar-refractivity contribution in [2.24, 2.45) is 0 Å². The van der Waals surface area contributed by atoms with Crippen molar-refractivity contribution < 1.29 is 17.9 Å². The number of methoxy groups -OCH3 is 1. The molecule has 1 aliphatic rings. The molecule has 162 valence electrons. The van der Waals surface area contributed by atoms with Gasteiger partial charge in [-0.05, 0) is 42.7 Å². The van der Waals surface area contributed by atoms with Crippen LogP contribution in [-0.4, -0.2) is 51.7 Å². The lowest BCUT2D eigenvalue weighted by Gasteiger charge is -2.18. The minimum absolute atomic E-state index is 0.0574. The molecule has 1 fully saturated rings. The Kier molecular flexibility index (Phi) is 8.05. The van der Waals surface area contributed by atoms with Crippen molar-refractivity contribution in [1.29, 1.82) is 0 Å². The second-order valence-electron chi connectivity index (χ2n) is 6.90. The molecule has 2 aromatic rings. The van der Waals surface area contributed by atoms with E-state index in [0.29, 0.717) is 35.4 Å². The SMILES string of the molecule is COc1ccc(S(=O)(=O)NCCSCc2ccccc2Cl)cc1C(=O)N1CCCC1. The van der Waals surface area contributed by atoms with Gasteiger partial charge in [-0.2, -0.15) is 11.8 Å². The number of sulfonamides is 1. The molecule has 0 unspecified atom stereocenters. The summed E-state index contributed by atoms with van der Waals surface area (Å²) in [6, 6.07) is 12.0. The molecule has 2 aromatic carbocycles. The predicted molar refractivity (Wildman–Crippen MR) is 121 cm³/mol. The average molecular weight is 469 g/mol. The first kappa shape index (κ1) is 22.9. The Morgan fingerprint density at radius 3 is 2.63 bits per heavy atom. The molecule has 0 spiro atoms. The summed E-state index contributed by atoms with van der Waals surface area (Å²) in [4.78, 5) is 14.6. The lowest BCUT2D eigenvalue weighted by Crippen LogP contribution is -2.29. The molecule has 1 heterocycles. The number of nitrogens with zero attached hydrogens (tertiary/aromatic N) is 1. The molecule has 1 N–H and O–H groups in total. The fourth-order valence-corrected chi connectivity index (χ4v) is 5.57. The third-order valence-electron chi connectivity index (χ3n) is 4.86. The van der Waals surface area contributed by atoms with E-state index >= 15 is 0 Å². The van der Waals surface area contributed by atoms with Gasteiger partial charge < -0.3 is 9.64 Å². The zero-order valence-electron chi connectivity index (χ0n) is 16.8. The third kappa shape index (κ3) is 5.69. The van der Waals surface area contributed by atoms with Gasteiger partial charge in [0.05, 0.1) is 17.6 Å². The molecule has 0 saturated carbocycles. The molecule has 6 nitrogen and oxygen atoms in total. The van der Waals surface area contributed by atoms with Crippen molar-refractivity contribution in [2.75, 3.05) is 32.5 Å². The van der Waals surface area contributed by atoms with Crippen LogP contribution >= 0.6 is 23.4 Å². The number of hydrogen-bond donors (Lipinski definition) is 1. The van der Waals surface area contributed by atoms with Gasteiger partial charge in [0.2, 0.25) is 10.0 Å². The van der Waals surface area contributed by atoms with E-state index < -0.39 is 10.0 Å². The third-order valence-corrected chi connectivity index (χ3v) is 7.69. The largest absolute Gasteiger partial charge is 0.496 e. The van der Waals surface area contributed by atoms with E-state index in [4.69, 9.17) is 16.3 Å². The van der Waals surface area contributed by atoms with Gasteiger partial charge in [-0.3, -0.25) is 4.79 Å². The summed E-state index contributed by atoms with van der Waals surface area (Å²) >= 11 is 7.73. The van der Waals surface area contributed by atoms with E-state index in [2.05, 4.69) is 4.72 Å². The van der Waals surface area contributed by atoms with Crippen LogP contribution in [0.15, 0.2) is 47.4 Å². The smallest absolute Gasteiger partial charge is 0.257 e. The molecule has 3 rings (SSSR count). The van der Waals surface area contributed by atoms with Gasteiger partial charge in [0.1, 0.15) is 5.75 Å². The highest BCUT2D eigenvalue weighted by Crippen LogP contribution is 2.25. The van der Waals surface area contributed by atoms with Crippen molar-refractivity contribution >= 4 is 39.3 Å². The lowest BCUT2D eigenvalue weighted by atomic mass is 10.1. The van der Waals surface area contributed by atoms with Gasteiger partial charge >= 0.3 is 0 Å². The van der Waals surface area contributed by atoms with Crippen LogP contribution in [0.2, 0.25) is 5.02 Å². The summed E-state index contributed by atoms with van der Waals surface area (Å²) in [6.07, 6.45) is 1.92. The molecule has 1 saturated heterocycles. The number of likely N-dealkylation sites (tertiary alicyclic amines) is 1. The van der Waals surface area contributed by atoms with Crippen molar-refractivity contribution in [3.05, 3.63) is 58.6 Å². The number of hydrogen-bond acceptors (Lipinski definition) is 5. The summed E-state index contributed by atoms with van der Waals surface area (Å²) in [5.74, 6) is 1.48. The Balaban J connectivity index is 1.61. The van der Waals surface area contributed by atoms with E-state index in [0.717, 1.165) is 18.4 Å². The number of nitrogens with one attached hydrogen (secondary N) is 1. The minimum atomic E-state index is -3.73. The zero-order valence-corrected chi connectivity index (χ0v) is 19.2. The van der Waals surface area contributed by atoms with Gasteiger partial charge in [-0.1, -0.05) is 29.8 Å². The molecule has 9 heteroatoms. The summed E-state index contributed by atoms with van der Waals surface area (Å²) in [5, 5.41) is 0.707. The van der Waals surface area contributed by atoms with Gasteiger partial charge in [-0.25, -0.2) is 13.1 Å². The fraction of sp³-hybridized carbons (Fsp3) is 0.381.